The highest BCUT2D eigenvalue weighted by atomic mass is 32.2. The molecule has 0 spiro atoms. The molecule has 0 aliphatic rings. The number of methoxy groups -OCH3 is 1. The van der Waals surface area contributed by atoms with Crippen molar-refractivity contribution >= 4 is 15.8 Å². The third-order valence-corrected chi connectivity index (χ3v) is 2.94. The molecule has 5 nitrogen and oxygen atoms in total. The van der Waals surface area contributed by atoms with Gasteiger partial charge in [-0.1, -0.05) is 0 Å². The van der Waals surface area contributed by atoms with E-state index >= 15 is 0 Å². The summed E-state index contributed by atoms with van der Waals surface area (Å²) in [5, 5.41) is 8.81. The van der Waals surface area contributed by atoms with E-state index in [2.05, 4.69) is 0 Å². The summed E-state index contributed by atoms with van der Waals surface area (Å²) in [5.74, 6) is -1.09. The number of carboxylic acids is 1. The number of carboxylic acid groups (broad SMARTS) is 1. The van der Waals surface area contributed by atoms with Gasteiger partial charge >= 0.3 is 5.97 Å². The average molecular weight is 230 g/mol. The van der Waals surface area contributed by atoms with Crippen LogP contribution in [0.4, 0.5) is 0 Å². The molecule has 0 aromatic heterocycles. The molecule has 1 rings (SSSR count). The van der Waals surface area contributed by atoms with E-state index in [9.17, 15) is 13.2 Å². The Morgan fingerprint density at radius 2 is 2.00 bits per heavy atom. The highest BCUT2D eigenvalue weighted by molar-refractivity contribution is 7.90. The van der Waals surface area contributed by atoms with Crippen LogP contribution in [0.25, 0.3) is 0 Å². The lowest BCUT2D eigenvalue weighted by Gasteiger charge is -2.06. The number of aromatic carboxylic acids is 1. The summed E-state index contributed by atoms with van der Waals surface area (Å²) in [4.78, 5) is 10.7. The number of hydrogen-bond acceptors (Lipinski definition) is 4. The fourth-order valence-electron chi connectivity index (χ4n) is 1.08. The molecule has 0 bridgehead atoms. The van der Waals surface area contributed by atoms with E-state index in [0.717, 1.165) is 12.3 Å². The van der Waals surface area contributed by atoms with Crippen LogP contribution < -0.4 is 4.74 Å². The molecule has 0 aliphatic heterocycles. The van der Waals surface area contributed by atoms with E-state index in [4.69, 9.17) is 9.84 Å². The molecule has 0 fully saturated rings. The van der Waals surface area contributed by atoms with Gasteiger partial charge in [-0.25, -0.2) is 13.2 Å². The van der Waals surface area contributed by atoms with Crippen LogP contribution >= 0.6 is 0 Å². The largest absolute Gasteiger partial charge is 0.496 e. The minimum Gasteiger partial charge on any atom is -0.496 e. The Morgan fingerprint density at radius 1 is 1.40 bits per heavy atom. The molecule has 0 amide bonds. The van der Waals surface area contributed by atoms with Gasteiger partial charge in [0.05, 0.1) is 12.0 Å². The minimum absolute atomic E-state index is 0.0410. The fourth-order valence-corrected chi connectivity index (χ4v) is 1.73. The SMILES string of the molecule is COc1ccc(S(C)(=O)=O)cc1C(=O)O. The molecule has 15 heavy (non-hydrogen) atoms. The third-order valence-electron chi connectivity index (χ3n) is 1.83. The van der Waals surface area contributed by atoms with Crippen LogP contribution in [-0.2, 0) is 9.84 Å². The Balaban J connectivity index is 3.42. The van der Waals surface area contributed by atoms with Crippen molar-refractivity contribution < 1.29 is 23.1 Å². The number of carbonyl (C=O) groups is 1. The zero-order chi connectivity index (χ0) is 11.6. The Bertz CT molecular complexity index is 489. The van der Waals surface area contributed by atoms with Crippen LogP contribution in [0.1, 0.15) is 10.4 Å². The van der Waals surface area contributed by atoms with E-state index < -0.39 is 15.8 Å². The molecule has 6 heteroatoms. The molecular weight excluding hydrogens is 220 g/mol. The summed E-state index contributed by atoms with van der Waals surface area (Å²) in [5.41, 5.74) is -0.166. The van der Waals surface area contributed by atoms with Gasteiger partial charge in [0.15, 0.2) is 9.84 Å². The van der Waals surface area contributed by atoms with Gasteiger partial charge < -0.3 is 9.84 Å². The summed E-state index contributed by atoms with van der Waals surface area (Å²) >= 11 is 0. The first-order valence-electron chi connectivity index (χ1n) is 3.97. The van der Waals surface area contributed by atoms with E-state index in [1.54, 1.807) is 0 Å². The summed E-state index contributed by atoms with van der Waals surface area (Å²) in [7, 11) is -2.08. The topological polar surface area (TPSA) is 80.7 Å². The lowest BCUT2D eigenvalue weighted by molar-refractivity contribution is 0.0693. The molecule has 1 aromatic rings. The van der Waals surface area contributed by atoms with Crippen LogP contribution in [0.2, 0.25) is 0 Å². The molecular formula is C9H10O5S. The van der Waals surface area contributed by atoms with Gasteiger partial charge in [0.2, 0.25) is 0 Å². The monoisotopic (exact) mass is 230 g/mol. The van der Waals surface area contributed by atoms with Crippen molar-refractivity contribution in [3.8, 4) is 5.75 Å². The lowest BCUT2D eigenvalue weighted by Crippen LogP contribution is -2.04. The number of hydrogen-bond donors (Lipinski definition) is 1. The number of rotatable bonds is 3. The van der Waals surface area contributed by atoms with Crippen LogP contribution in [0.5, 0.6) is 5.75 Å². The predicted octanol–water partition coefficient (Wildman–Crippen LogP) is 0.797. The fraction of sp³-hybridized carbons (Fsp3) is 0.222. The van der Waals surface area contributed by atoms with Gasteiger partial charge in [0.25, 0.3) is 0 Å². The molecule has 0 unspecified atom stereocenters. The smallest absolute Gasteiger partial charge is 0.339 e. The molecule has 0 saturated carbocycles. The molecule has 0 heterocycles. The molecule has 0 saturated heterocycles. The first-order chi connectivity index (χ1) is 6.86. The second-order valence-corrected chi connectivity index (χ2v) is 4.96. The standard InChI is InChI=1S/C9H10O5S/c1-14-8-4-3-6(15(2,12)13)5-7(8)9(10)11/h3-5H,1-2H3,(H,10,11). The lowest BCUT2D eigenvalue weighted by atomic mass is 10.2. The highest BCUT2D eigenvalue weighted by Gasteiger charge is 2.15. The maximum atomic E-state index is 11.2. The normalized spacial score (nSPS) is 11.1. The van der Waals surface area contributed by atoms with Crippen molar-refractivity contribution in [1.82, 2.24) is 0 Å². The maximum Gasteiger partial charge on any atom is 0.339 e. The molecule has 0 aliphatic carbocycles. The third kappa shape index (κ3) is 2.47. The Kier molecular flexibility index (Phi) is 2.99. The predicted molar refractivity (Wildman–Crippen MR) is 53.1 cm³/mol. The van der Waals surface area contributed by atoms with Crippen molar-refractivity contribution in [2.45, 2.75) is 4.90 Å². The molecule has 1 aromatic carbocycles. The Hall–Kier alpha value is -1.56. The van der Waals surface area contributed by atoms with Crippen LogP contribution in [-0.4, -0.2) is 32.9 Å². The Labute approximate surface area is 87.2 Å². The van der Waals surface area contributed by atoms with Crippen molar-refractivity contribution in [3.63, 3.8) is 0 Å². The second kappa shape index (κ2) is 3.90. The van der Waals surface area contributed by atoms with Crippen molar-refractivity contribution in [3.05, 3.63) is 23.8 Å². The van der Waals surface area contributed by atoms with Gasteiger partial charge in [-0.05, 0) is 18.2 Å². The number of ether oxygens (including phenoxy) is 1. The molecule has 0 atom stereocenters. The average Bonchev–Trinajstić information content (AvgIpc) is 2.15. The van der Waals surface area contributed by atoms with Gasteiger partial charge in [-0.2, -0.15) is 0 Å². The summed E-state index contributed by atoms with van der Waals surface area (Å²) in [6.45, 7) is 0. The van der Waals surface area contributed by atoms with Gasteiger partial charge in [0.1, 0.15) is 11.3 Å². The van der Waals surface area contributed by atoms with Gasteiger partial charge in [-0.15, -0.1) is 0 Å². The zero-order valence-electron chi connectivity index (χ0n) is 8.22. The maximum absolute atomic E-state index is 11.2. The summed E-state index contributed by atoms with van der Waals surface area (Å²) in [6, 6.07) is 3.71. The quantitative estimate of drug-likeness (QED) is 0.830. The van der Waals surface area contributed by atoms with E-state index in [1.165, 1.54) is 19.2 Å². The van der Waals surface area contributed by atoms with Crippen LogP contribution in [0.15, 0.2) is 23.1 Å². The molecule has 0 radical (unpaired) electrons. The van der Waals surface area contributed by atoms with Gasteiger partial charge in [0, 0.05) is 6.26 Å². The molecule has 82 valence electrons. The van der Waals surface area contributed by atoms with Crippen LogP contribution in [0, 0.1) is 0 Å². The Morgan fingerprint density at radius 3 is 2.40 bits per heavy atom. The molecule has 1 N–H and O–H groups in total. The zero-order valence-corrected chi connectivity index (χ0v) is 9.04. The van der Waals surface area contributed by atoms with E-state index in [1.807, 2.05) is 0 Å². The van der Waals surface area contributed by atoms with Gasteiger partial charge in [-0.3, -0.25) is 0 Å². The summed E-state index contributed by atoms with van der Waals surface area (Å²) < 4.78 is 27.1. The number of benzene rings is 1. The van der Waals surface area contributed by atoms with Crippen molar-refractivity contribution in [2.75, 3.05) is 13.4 Å². The minimum atomic E-state index is -3.40. The first-order valence-corrected chi connectivity index (χ1v) is 5.87. The highest BCUT2D eigenvalue weighted by Crippen LogP contribution is 2.22. The van der Waals surface area contributed by atoms with Crippen LogP contribution in [0.3, 0.4) is 0 Å². The summed E-state index contributed by atoms with van der Waals surface area (Å²) in [6.07, 6.45) is 1.01. The number of sulfone groups is 1. The van der Waals surface area contributed by atoms with E-state index in [-0.39, 0.29) is 16.2 Å². The second-order valence-electron chi connectivity index (χ2n) is 2.94. The van der Waals surface area contributed by atoms with Crippen molar-refractivity contribution in [2.24, 2.45) is 0 Å². The first kappa shape index (κ1) is 11.5. The van der Waals surface area contributed by atoms with Crippen molar-refractivity contribution in [1.29, 1.82) is 0 Å². The van der Waals surface area contributed by atoms with E-state index in [0.29, 0.717) is 0 Å².